The van der Waals surface area contributed by atoms with Gasteiger partial charge in [0.2, 0.25) is 0 Å². The molecule has 0 heterocycles. The summed E-state index contributed by atoms with van der Waals surface area (Å²) in [5.74, 6) is 0. The molecule has 3 heteroatoms. The Labute approximate surface area is 73.2 Å². The highest BCUT2D eigenvalue weighted by molar-refractivity contribution is 6.65. The number of oxime groups is 1. The molecule has 0 radical (unpaired) electrons. The lowest BCUT2D eigenvalue weighted by Crippen LogP contribution is -1.87. The topological polar surface area (TPSA) is 32.6 Å². The summed E-state index contributed by atoms with van der Waals surface area (Å²) in [6, 6.07) is 0. The largest absolute Gasteiger partial charge is 0.410 e. The third-order valence-corrected chi connectivity index (χ3v) is 1.86. The summed E-state index contributed by atoms with van der Waals surface area (Å²) in [5, 5.41) is 11.4. The normalized spacial score (nSPS) is 12.0. The lowest BCUT2D eigenvalue weighted by Gasteiger charge is -1.96. The highest BCUT2D eigenvalue weighted by Crippen LogP contribution is 2.06. The summed E-state index contributed by atoms with van der Waals surface area (Å²) in [6.07, 6.45) is 6.71. The summed E-state index contributed by atoms with van der Waals surface area (Å²) in [7, 11) is 0. The van der Waals surface area contributed by atoms with Crippen molar-refractivity contribution in [1.82, 2.24) is 0 Å². The van der Waals surface area contributed by atoms with E-state index in [9.17, 15) is 0 Å². The molecule has 1 N–H and O–H groups in total. The first kappa shape index (κ1) is 10.8. The Balaban J connectivity index is 3.02. The Hall–Kier alpha value is -0.240. The second kappa shape index (κ2) is 7.86. The number of hydrogen-bond acceptors (Lipinski definition) is 2. The number of halogens is 1. The van der Waals surface area contributed by atoms with E-state index in [4.69, 9.17) is 16.8 Å². The van der Waals surface area contributed by atoms with Crippen molar-refractivity contribution in [3.8, 4) is 0 Å². The molecule has 0 aliphatic heterocycles. The van der Waals surface area contributed by atoms with Crippen LogP contribution in [0.3, 0.4) is 0 Å². The van der Waals surface area contributed by atoms with Gasteiger partial charge in [-0.3, -0.25) is 0 Å². The predicted molar refractivity (Wildman–Crippen MR) is 48.5 cm³/mol. The van der Waals surface area contributed by atoms with E-state index in [1.807, 2.05) is 0 Å². The van der Waals surface area contributed by atoms with Crippen LogP contribution < -0.4 is 0 Å². The molecule has 0 aromatic heterocycles. The lowest BCUT2D eigenvalue weighted by molar-refractivity contribution is 0.319. The molecule has 0 aliphatic carbocycles. The van der Waals surface area contributed by atoms with Crippen LogP contribution in [0.15, 0.2) is 5.16 Å². The third kappa shape index (κ3) is 7.66. The molecule has 2 nitrogen and oxygen atoms in total. The Morgan fingerprint density at radius 1 is 1.27 bits per heavy atom. The van der Waals surface area contributed by atoms with Crippen LogP contribution in [-0.4, -0.2) is 10.4 Å². The fourth-order valence-electron chi connectivity index (χ4n) is 0.924. The van der Waals surface area contributed by atoms with E-state index in [2.05, 4.69) is 12.1 Å². The summed E-state index contributed by atoms with van der Waals surface area (Å²) in [6.45, 7) is 2.18. The Morgan fingerprint density at radius 2 is 1.91 bits per heavy atom. The molecule has 0 saturated heterocycles. The zero-order valence-corrected chi connectivity index (χ0v) is 7.77. The average molecular weight is 178 g/mol. The van der Waals surface area contributed by atoms with E-state index < -0.39 is 0 Å². The minimum absolute atomic E-state index is 0.321. The summed E-state index contributed by atoms with van der Waals surface area (Å²) < 4.78 is 0. The maximum absolute atomic E-state index is 8.19. The molecule has 0 aliphatic rings. The van der Waals surface area contributed by atoms with Gasteiger partial charge in [0.05, 0.1) is 0 Å². The van der Waals surface area contributed by atoms with Crippen LogP contribution in [0.5, 0.6) is 0 Å². The zero-order valence-electron chi connectivity index (χ0n) is 7.02. The van der Waals surface area contributed by atoms with E-state index in [1.165, 1.54) is 25.7 Å². The van der Waals surface area contributed by atoms with E-state index >= 15 is 0 Å². The van der Waals surface area contributed by atoms with Crippen LogP contribution >= 0.6 is 11.6 Å². The molecule has 0 unspecified atom stereocenters. The fraction of sp³-hybridized carbons (Fsp3) is 0.875. The van der Waals surface area contributed by atoms with Crippen molar-refractivity contribution in [3.05, 3.63) is 0 Å². The Kier molecular flexibility index (Phi) is 7.69. The molecule has 11 heavy (non-hydrogen) atoms. The van der Waals surface area contributed by atoms with E-state index in [1.54, 1.807) is 0 Å². The smallest absolute Gasteiger partial charge is 0.145 e. The van der Waals surface area contributed by atoms with Crippen molar-refractivity contribution >= 4 is 16.8 Å². The molecule has 0 atom stereocenters. The van der Waals surface area contributed by atoms with Crippen molar-refractivity contribution < 1.29 is 5.21 Å². The van der Waals surface area contributed by atoms with Gasteiger partial charge in [-0.2, -0.15) is 0 Å². The van der Waals surface area contributed by atoms with Crippen LogP contribution in [-0.2, 0) is 0 Å². The van der Waals surface area contributed by atoms with Crippen LogP contribution in [0, 0.1) is 0 Å². The number of hydrogen-bond donors (Lipinski definition) is 1. The molecule has 66 valence electrons. The van der Waals surface area contributed by atoms with Gasteiger partial charge in [0.25, 0.3) is 0 Å². The van der Waals surface area contributed by atoms with Gasteiger partial charge in [-0.1, -0.05) is 49.4 Å². The maximum atomic E-state index is 8.19. The quantitative estimate of drug-likeness (QED) is 0.287. The average Bonchev–Trinajstić information content (AvgIpc) is 2.04. The van der Waals surface area contributed by atoms with Crippen molar-refractivity contribution in [2.45, 2.75) is 45.4 Å². The summed E-state index contributed by atoms with van der Waals surface area (Å²) >= 11 is 5.48. The minimum Gasteiger partial charge on any atom is -0.410 e. The van der Waals surface area contributed by atoms with E-state index in [0.29, 0.717) is 11.6 Å². The zero-order chi connectivity index (χ0) is 8.53. The Bertz CT molecular complexity index is 115. The van der Waals surface area contributed by atoms with Crippen molar-refractivity contribution in [1.29, 1.82) is 0 Å². The molecule has 0 spiro atoms. The monoisotopic (exact) mass is 177 g/mol. The van der Waals surface area contributed by atoms with Crippen molar-refractivity contribution in [2.24, 2.45) is 5.16 Å². The van der Waals surface area contributed by atoms with Gasteiger partial charge in [0.1, 0.15) is 5.17 Å². The van der Waals surface area contributed by atoms with Gasteiger partial charge < -0.3 is 5.21 Å². The first-order valence-corrected chi connectivity index (χ1v) is 4.55. The highest BCUT2D eigenvalue weighted by Gasteiger charge is 1.94. The SMILES string of the molecule is CCCCCCC/C(Cl)=N/O. The van der Waals surface area contributed by atoms with Crippen molar-refractivity contribution in [2.75, 3.05) is 0 Å². The second-order valence-electron chi connectivity index (χ2n) is 2.64. The first-order chi connectivity index (χ1) is 5.31. The molecular formula is C8H16ClNO. The predicted octanol–water partition coefficient (Wildman–Crippen LogP) is 3.37. The molecule has 0 fully saturated rings. The molecule has 0 bridgehead atoms. The highest BCUT2D eigenvalue weighted by atomic mass is 35.5. The first-order valence-electron chi connectivity index (χ1n) is 4.17. The van der Waals surface area contributed by atoms with Gasteiger partial charge in [-0.15, -0.1) is 0 Å². The summed E-state index contributed by atoms with van der Waals surface area (Å²) in [5.41, 5.74) is 0. The van der Waals surface area contributed by atoms with Gasteiger partial charge >= 0.3 is 0 Å². The number of rotatable bonds is 6. The van der Waals surface area contributed by atoms with E-state index in [0.717, 1.165) is 6.42 Å². The van der Waals surface area contributed by atoms with Gasteiger partial charge in [-0.05, 0) is 6.42 Å². The van der Waals surface area contributed by atoms with Gasteiger partial charge in [0, 0.05) is 6.42 Å². The van der Waals surface area contributed by atoms with E-state index in [-0.39, 0.29) is 0 Å². The standard InChI is InChI=1S/C8H16ClNO/c1-2-3-4-5-6-7-8(9)10-11/h11H,2-7H2,1H3/b10-8-. The minimum atomic E-state index is 0.321. The fourth-order valence-corrected chi connectivity index (χ4v) is 1.06. The van der Waals surface area contributed by atoms with Crippen molar-refractivity contribution in [3.63, 3.8) is 0 Å². The lowest BCUT2D eigenvalue weighted by atomic mass is 10.1. The van der Waals surface area contributed by atoms with Crippen LogP contribution in [0.2, 0.25) is 0 Å². The third-order valence-electron chi connectivity index (χ3n) is 1.60. The molecule has 0 rings (SSSR count). The molecule has 0 saturated carbocycles. The van der Waals surface area contributed by atoms with Crippen LogP contribution in [0.25, 0.3) is 0 Å². The number of nitrogens with zero attached hydrogens (tertiary/aromatic N) is 1. The Morgan fingerprint density at radius 3 is 2.45 bits per heavy atom. The van der Waals surface area contributed by atoms with Gasteiger partial charge in [-0.25, -0.2) is 0 Å². The molecule has 0 aromatic carbocycles. The molecular weight excluding hydrogens is 162 g/mol. The summed E-state index contributed by atoms with van der Waals surface area (Å²) in [4.78, 5) is 0. The number of unbranched alkanes of at least 4 members (excludes halogenated alkanes) is 4. The maximum Gasteiger partial charge on any atom is 0.145 e. The van der Waals surface area contributed by atoms with Crippen LogP contribution in [0.1, 0.15) is 45.4 Å². The van der Waals surface area contributed by atoms with Gasteiger partial charge in [0.15, 0.2) is 0 Å². The molecule has 0 aromatic rings. The molecule has 0 amide bonds. The second-order valence-corrected chi connectivity index (χ2v) is 3.08. The van der Waals surface area contributed by atoms with Crippen LogP contribution in [0.4, 0.5) is 0 Å².